The fourth-order valence-corrected chi connectivity index (χ4v) is 2.81. The first kappa shape index (κ1) is 14.8. The molecular weight excluding hydrogens is 259 g/mol. The van der Waals surface area contributed by atoms with Gasteiger partial charge in [-0.05, 0) is 32.3 Å². The van der Waals surface area contributed by atoms with E-state index >= 15 is 0 Å². The number of rotatable bonds is 3. The predicted octanol–water partition coefficient (Wildman–Crippen LogP) is 1.98. The molecule has 20 heavy (non-hydrogen) atoms. The maximum absolute atomic E-state index is 14.3. The summed E-state index contributed by atoms with van der Waals surface area (Å²) in [6, 6.07) is 4.29. The molecule has 0 radical (unpaired) electrons. The van der Waals surface area contributed by atoms with E-state index in [1.54, 1.807) is 31.0 Å². The highest BCUT2D eigenvalue weighted by molar-refractivity contribution is 5.85. The molecule has 1 heterocycles. The summed E-state index contributed by atoms with van der Waals surface area (Å²) in [6.45, 7) is 2.23. The zero-order valence-electron chi connectivity index (χ0n) is 11.9. The molecule has 0 bridgehead atoms. The number of hydrogen-bond donors (Lipinski definition) is 2. The second-order valence-electron chi connectivity index (χ2n) is 5.17. The summed E-state index contributed by atoms with van der Waals surface area (Å²) in [7, 11) is 1.59. The van der Waals surface area contributed by atoms with Gasteiger partial charge in [0.15, 0.2) is 0 Å². The van der Waals surface area contributed by atoms with Crippen molar-refractivity contribution >= 4 is 11.6 Å². The molecule has 0 spiro atoms. The Hall–Kier alpha value is -1.62. The number of para-hydroxylation sites is 1. The van der Waals surface area contributed by atoms with E-state index in [9.17, 15) is 14.3 Å². The van der Waals surface area contributed by atoms with Gasteiger partial charge in [-0.15, -0.1) is 0 Å². The topological polar surface area (TPSA) is 52.6 Å². The third-order valence-corrected chi connectivity index (χ3v) is 3.81. The SMILES string of the molecule is CNC(=O)C1CCCCN1c1c(F)cccc1[C@H](C)O. The van der Waals surface area contributed by atoms with Crippen LogP contribution in [0, 0.1) is 5.82 Å². The van der Waals surface area contributed by atoms with Crippen LogP contribution < -0.4 is 10.2 Å². The summed E-state index contributed by atoms with van der Waals surface area (Å²) in [5, 5.41) is 12.5. The molecule has 0 saturated carbocycles. The fourth-order valence-electron chi connectivity index (χ4n) is 2.81. The average Bonchev–Trinajstić information content (AvgIpc) is 2.46. The van der Waals surface area contributed by atoms with Crippen LogP contribution >= 0.6 is 0 Å². The Bertz CT molecular complexity index is 491. The number of amides is 1. The number of carbonyl (C=O) groups excluding carboxylic acids is 1. The van der Waals surface area contributed by atoms with Crippen molar-refractivity contribution in [1.82, 2.24) is 5.32 Å². The standard InChI is InChI=1S/C15H21FN2O2/c1-10(19)11-6-5-7-12(16)14(11)18-9-4-3-8-13(18)15(20)17-2/h5-7,10,13,19H,3-4,8-9H2,1-2H3,(H,17,20)/t10-,13?/m0/s1. The van der Waals surface area contributed by atoms with Crippen molar-refractivity contribution in [3.05, 3.63) is 29.6 Å². The van der Waals surface area contributed by atoms with Gasteiger partial charge in [-0.2, -0.15) is 0 Å². The van der Waals surface area contributed by atoms with E-state index in [2.05, 4.69) is 5.32 Å². The van der Waals surface area contributed by atoms with Crippen molar-refractivity contribution in [3.63, 3.8) is 0 Å². The summed E-state index contributed by atoms with van der Waals surface area (Å²) < 4.78 is 14.3. The number of likely N-dealkylation sites (N-methyl/N-ethyl adjacent to an activating group) is 1. The number of aliphatic hydroxyl groups is 1. The average molecular weight is 280 g/mol. The molecular formula is C15H21FN2O2. The lowest BCUT2D eigenvalue weighted by atomic mass is 9.97. The van der Waals surface area contributed by atoms with Gasteiger partial charge in [-0.25, -0.2) is 4.39 Å². The molecule has 5 heteroatoms. The van der Waals surface area contributed by atoms with Crippen molar-refractivity contribution in [2.24, 2.45) is 0 Å². The highest BCUT2D eigenvalue weighted by Crippen LogP contribution is 2.33. The number of benzene rings is 1. The highest BCUT2D eigenvalue weighted by Gasteiger charge is 2.31. The Morgan fingerprint density at radius 1 is 1.50 bits per heavy atom. The minimum absolute atomic E-state index is 0.107. The largest absolute Gasteiger partial charge is 0.389 e. The van der Waals surface area contributed by atoms with Crippen LogP contribution in [0.4, 0.5) is 10.1 Å². The third-order valence-electron chi connectivity index (χ3n) is 3.81. The van der Waals surface area contributed by atoms with Gasteiger partial charge in [-0.3, -0.25) is 4.79 Å². The van der Waals surface area contributed by atoms with Crippen molar-refractivity contribution in [2.45, 2.75) is 38.3 Å². The molecule has 110 valence electrons. The Morgan fingerprint density at radius 3 is 2.90 bits per heavy atom. The van der Waals surface area contributed by atoms with Crippen molar-refractivity contribution in [1.29, 1.82) is 0 Å². The van der Waals surface area contributed by atoms with Gasteiger partial charge in [-0.1, -0.05) is 12.1 Å². The molecule has 0 aromatic heterocycles. The molecule has 1 saturated heterocycles. The zero-order valence-corrected chi connectivity index (χ0v) is 11.9. The molecule has 1 unspecified atom stereocenters. The van der Waals surface area contributed by atoms with Crippen LogP contribution in [0.2, 0.25) is 0 Å². The van der Waals surface area contributed by atoms with Crippen molar-refractivity contribution in [2.75, 3.05) is 18.5 Å². The number of nitrogens with one attached hydrogen (secondary N) is 1. The Labute approximate surface area is 118 Å². The zero-order chi connectivity index (χ0) is 14.7. The van der Waals surface area contributed by atoms with Gasteiger partial charge in [0.25, 0.3) is 0 Å². The predicted molar refractivity (Wildman–Crippen MR) is 76.1 cm³/mol. The van der Waals surface area contributed by atoms with E-state index in [4.69, 9.17) is 0 Å². The lowest BCUT2D eigenvalue weighted by molar-refractivity contribution is -0.122. The molecule has 2 N–H and O–H groups in total. The Kier molecular flexibility index (Phi) is 4.60. The summed E-state index contributed by atoms with van der Waals surface area (Å²) >= 11 is 0. The van der Waals surface area contributed by atoms with Gasteiger partial charge in [0, 0.05) is 19.2 Å². The summed E-state index contributed by atoms with van der Waals surface area (Å²) in [6.07, 6.45) is 1.80. The van der Waals surface area contributed by atoms with E-state index < -0.39 is 6.10 Å². The fraction of sp³-hybridized carbons (Fsp3) is 0.533. The van der Waals surface area contributed by atoms with Crippen LogP contribution in [0.15, 0.2) is 18.2 Å². The highest BCUT2D eigenvalue weighted by atomic mass is 19.1. The van der Waals surface area contributed by atoms with Crippen LogP contribution in [0.25, 0.3) is 0 Å². The van der Waals surface area contributed by atoms with Gasteiger partial charge < -0.3 is 15.3 Å². The molecule has 1 fully saturated rings. The van der Waals surface area contributed by atoms with E-state index in [0.717, 1.165) is 12.8 Å². The first-order chi connectivity index (χ1) is 9.56. The molecule has 2 atom stereocenters. The molecule has 4 nitrogen and oxygen atoms in total. The smallest absolute Gasteiger partial charge is 0.242 e. The molecule has 1 amide bonds. The quantitative estimate of drug-likeness (QED) is 0.890. The number of anilines is 1. The summed E-state index contributed by atoms with van der Waals surface area (Å²) in [4.78, 5) is 13.8. The number of piperidine rings is 1. The van der Waals surface area contributed by atoms with Crippen LogP contribution in [-0.2, 0) is 4.79 Å². The number of nitrogens with zero attached hydrogens (tertiary/aromatic N) is 1. The van der Waals surface area contributed by atoms with E-state index in [-0.39, 0.29) is 17.8 Å². The Balaban J connectivity index is 2.44. The molecule has 1 aliphatic heterocycles. The van der Waals surface area contributed by atoms with Crippen LogP contribution in [0.3, 0.4) is 0 Å². The van der Waals surface area contributed by atoms with E-state index in [1.165, 1.54) is 6.07 Å². The van der Waals surface area contributed by atoms with Crippen molar-refractivity contribution in [3.8, 4) is 0 Å². The summed E-state index contributed by atoms with van der Waals surface area (Å²) in [5.41, 5.74) is 0.886. The first-order valence-corrected chi connectivity index (χ1v) is 7.01. The minimum Gasteiger partial charge on any atom is -0.389 e. The molecule has 0 aliphatic carbocycles. The summed E-state index contributed by atoms with van der Waals surface area (Å²) in [5.74, 6) is -0.497. The van der Waals surface area contributed by atoms with Crippen LogP contribution in [0.5, 0.6) is 0 Å². The maximum Gasteiger partial charge on any atom is 0.242 e. The third kappa shape index (κ3) is 2.77. The lowest BCUT2D eigenvalue weighted by Crippen LogP contribution is -2.49. The van der Waals surface area contributed by atoms with E-state index in [1.807, 2.05) is 0 Å². The number of aliphatic hydroxyl groups excluding tert-OH is 1. The number of carbonyl (C=O) groups is 1. The van der Waals surface area contributed by atoms with Gasteiger partial charge in [0.1, 0.15) is 11.9 Å². The Morgan fingerprint density at radius 2 is 2.25 bits per heavy atom. The van der Waals surface area contributed by atoms with Crippen LogP contribution in [0.1, 0.15) is 37.9 Å². The number of halogens is 1. The first-order valence-electron chi connectivity index (χ1n) is 7.01. The number of hydrogen-bond acceptors (Lipinski definition) is 3. The second-order valence-corrected chi connectivity index (χ2v) is 5.17. The molecule has 1 aliphatic rings. The van der Waals surface area contributed by atoms with E-state index in [0.29, 0.717) is 24.2 Å². The monoisotopic (exact) mass is 280 g/mol. The van der Waals surface area contributed by atoms with Gasteiger partial charge in [0.2, 0.25) is 5.91 Å². The molecule has 2 rings (SSSR count). The molecule has 1 aromatic carbocycles. The normalized spacial score (nSPS) is 20.6. The van der Waals surface area contributed by atoms with Gasteiger partial charge in [0.05, 0.1) is 11.8 Å². The minimum atomic E-state index is -0.770. The van der Waals surface area contributed by atoms with Gasteiger partial charge >= 0.3 is 0 Å². The maximum atomic E-state index is 14.3. The second kappa shape index (κ2) is 6.22. The van der Waals surface area contributed by atoms with Crippen molar-refractivity contribution < 1.29 is 14.3 Å². The van der Waals surface area contributed by atoms with Crippen LogP contribution in [-0.4, -0.2) is 30.6 Å². The molecule has 1 aromatic rings. The lowest BCUT2D eigenvalue weighted by Gasteiger charge is -2.37.